The number of hydrogen-bond acceptors (Lipinski definition) is 7. The Labute approximate surface area is 172 Å². The number of nitro benzene ring substituents is 1. The largest absolute Gasteiger partial charge is 0.457 e. The minimum absolute atomic E-state index is 0.0438. The van der Waals surface area contributed by atoms with Crippen LogP contribution in [-0.2, 0) is 19.0 Å². The lowest BCUT2D eigenvalue weighted by Gasteiger charge is -2.19. The Morgan fingerprint density at radius 2 is 1.59 bits per heavy atom. The van der Waals surface area contributed by atoms with E-state index in [0.29, 0.717) is 23.7 Å². The Hall–Kier alpha value is -2.41. The molecule has 0 saturated heterocycles. The van der Waals surface area contributed by atoms with Crippen molar-refractivity contribution in [1.82, 2.24) is 0 Å². The molecular formula is C20H29N2O6P. The number of ether oxygens (including phenoxy) is 1. The molecule has 8 nitrogen and oxygen atoms in total. The third kappa shape index (κ3) is 8.23. The van der Waals surface area contributed by atoms with Gasteiger partial charge in [0.15, 0.2) is 0 Å². The van der Waals surface area contributed by atoms with E-state index >= 15 is 0 Å². The third-order valence-corrected chi connectivity index (χ3v) is 4.49. The van der Waals surface area contributed by atoms with E-state index in [1.807, 2.05) is 31.2 Å². The number of nitrogens with zero attached hydrogens (tertiary/aromatic N) is 1. The topological polar surface area (TPSA) is 99.9 Å². The van der Waals surface area contributed by atoms with Crippen LogP contribution in [0.2, 0.25) is 0 Å². The first kappa shape index (κ1) is 24.6. The minimum atomic E-state index is -2.12. The monoisotopic (exact) mass is 424 g/mol. The fraction of sp³-hybridized carbons (Fsp3) is 0.400. The molecule has 0 unspecified atom stereocenters. The average Bonchev–Trinajstić information content (AvgIpc) is 2.68. The Morgan fingerprint density at radius 3 is 2.00 bits per heavy atom. The van der Waals surface area contributed by atoms with E-state index in [-0.39, 0.29) is 11.1 Å². The zero-order chi connectivity index (χ0) is 22.0. The van der Waals surface area contributed by atoms with Gasteiger partial charge in [0, 0.05) is 32.9 Å². The quantitative estimate of drug-likeness (QED) is 0.341. The van der Waals surface area contributed by atoms with Gasteiger partial charge in [0.05, 0.1) is 4.92 Å². The third-order valence-electron chi connectivity index (χ3n) is 3.82. The van der Waals surface area contributed by atoms with Crippen molar-refractivity contribution in [3.8, 4) is 11.5 Å². The van der Waals surface area contributed by atoms with Crippen molar-refractivity contribution in [1.29, 1.82) is 0 Å². The number of anilines is 1. The highest BCUT2D eigenvalue weighted by molar-refractivity contribution is 7.33. The second-order valence-electron chi connectivity index (χ2n) is 7.00. The summed E-state index contributed by atoms with van der Waals surface area (Å²) in [6.45, 7) is 8.96. The molecule has 0 aliphatic heterocycles. The van der Waals surface area contributed by atoms with Crippen LogP contribution in [0.15, 0.2) is 42.5 Å². The summed E-state index contributed by atoms with van der Waals surface area (Å²) in [5.41, 5.74) is 1.81. The molecule has 0 radical (unpaired) electrons. The molecular weight excluding hydrogens is 395 g/mol. The summed E-state index contributed by atoms with van der Waals surface area (Å²) < 4.78 is 24.2. The first-order valence-electron chi connectivity index (χ1n) is 9.05. The average molecular weight is 424 g/mol. The van der Waals surface area contributed by atoms with Crippen LogP contribution < -0.4 is 10.1 Å². The predicted molar refractivity (Wildman–Crippen MR) is 115 cm³/mol. The number of benzene rings is 2. The van der Waals surface area contributed by atoms with Gasteiger partial charge in [-0.1, -0.05) is 32.9 Å². The van der Waals surface area contributed by atoms with Crippen molar-refractivity contribution in [2.24, 2.45) is 0 Å². The van der Waals surface area contributed by atoms with Gasteiger partial charge in [0.2, 0.25) is 0 Å². The van der Waals surface area contributed by atoms with Gasteiger partial charge in [-0.3, -0.25) is 14.7 Å². The van der Waals surface area contributed by atoms with Crippen molar-refractivity contribution >= 4 is 19.6 Å². The van der Waals surface area contributed by atoms with Crippen LogP contribution in [0.5, 0.6) is 11.5 Å². The molecule has 2 aromatic carbocycles. The minimum Gasteiger partial charge on any atom is -0.457 e. The molecule has 160 valence electrons. The van der Waals surface area contributed by atoms with Crippen molar-refractivity contribution in [2.75, 3.05) is 26.1 Å². The molecule has 2 rings (SSSR count). The Bertz CT molecular complexity index is 813. The summed E-state index contributed by atoms with van der Waals surface area (Å²) in [5.74, 6) is 1.27. The van der Waals surface area contributed by atoms with Crippen LogP contribution in [-0.4, -0.2) is 25.7 Å². The Kier molecular flexibility index (Phi) is 9.81. The maximum atomic E-state index is 11.0. The molecule has 0 amide bonds. The van der Waals surface area contributed by atoms with Gasteiger partial charge in [-0.15, -0.1) is 0 Å². The van der Waals surface area contributed by atoms with Gasteiger partial charge in [-0.25, -0.2) is 0 Å². The Balaban J connectivity index is 0.000000612. The molecule has 0 aliphatic carbocycles. The fourth-order valence-electron chi connectivity index (χ4n) is 2.31. The predicted octanol–water partition coefficient (Wildman–Crippen LogP) is 5.79. The van der Waals surface area contributed by atoms with Gasteiger partial charge in [-0.05, 0) is 36.1 Å². The fourth-order valence-corrected chi connectivity index (χ4v) is 2.48. The lowest BCUT2D eigenvalue weighted by molar-refractivity contribution is -0.384. The molecule has 29 heavy (non-hydrogen) atoms. The van der Waals surface area contributed by atoms with E-state index in [1.54, 1.807) is 12.1 Å². The van der Waals surface area contributed by atoms with Crippen LogP contribution in [0.25, 0.3) is 0 Å². The summed E-state index contributed by atoms with van der Waals surface area (Å²) in [6.07, 6.45) is 0. The molecule has 0 heterocycles. The van der Waals surface area contributed by atoms with Crippen LogP contribution in [0.1, 0.15) is 33.3 Å². The molecule has 0 spiro atoms. The Morgan fingerprint density at radius 1 is 1.03 bits per heavy atom. The van der Waals surface area contributed by atoms with Crippen LogP contribution >= 0.6 is 8.25 Å². The lowest BCUT2D eigenvalue weighted by Crippen LogP contribution is -2.10. The van der Waals surface area contributed by atoms with Crippen molar-refractivity contribution in [3.63, 3.8) is 0 Å². The van der Waals surface area contributed by atoms with Gasteiger partial charge < -0.3 is 19.1 Å². The summed E-state index contributed by atoms with van der Waals surface area (Å²) in [6, 6.07) is 12.6. The molecule has 0 bridgehead atoms. The highest BCUT2D eigenvalue weighted by Gasteiger charge is 2.15. The summed E-state index contributed by atoms with van der Waals surface area (Å²) in [4.78, 5) is 10.6. The molecule has 0 fully saturated rings. The zero-order valence-corrected chi connectivity index (χ0v) is 18.6. The van der Waals surface area contributed by atoms with Crippen molar-refractivity contribution < 1.29 is 23.3 Å². The first-order valence-corrected chi connectivity index (χ1v) is 10.3. The number of nitrogens with one attached hydrogen (secondary N) is 1. The second-order valence-corrected chi connectivity index (χ2v) is 8.32. The second kappa shape index (κ2) is 11.6. The smallest absolute Gasteiger partial charge is 0.318 e. The molecule has 0 aliphatic rings. The van der Waals surface area contributed by atoms with Gasteiger partial charge in [0.1, 0.15) is 17.2 Å². The normalized spacial score (nSPS) is 10.9. The van der Waals surface area contributed by atoms with Crippen molar-refractivity contribution in [2.45, 2.75) is 33.1 Å². The van der Waals surface area contributed by atoms with E-state index in [4.69, 9.17) is 4.74 Å². The number of rotatable bonds is 7. The van der Waals surface area contributed by atoms with Gasteiger partial charge in [0.25, 0.3) is 5.69 Å². The van der Waals surface area contributed by atoms with Gasteiger partial charge in [-0.2, -0.15) is 0 Å². The van der Waals surface area contributed by atoms with Crippen LogP contribution in [0, 0.1) is 10.1 Å². The maximum absolute atomic E-state index is 11.0. The van der Waals surface area contributed by atoms with Crippen LogP contribution in [0.3, 0.4) is 0 Å². The van der Waals surface area contributed by atoms with Crippen LogP contribution in [0.4, 0.5) is 11.4 Å². The summed E-state index contributed by atoms with van der Waals surface area (Å²) >= 11 is 0. The van der Waals surface area contributed by atoms with Gasteiger partial charge >= 0.3 is 8.25 Å². The molecule has 0 atom stereocenters. The van der Waals surface area contributed by atoms with E-state index in [9.17, 15) is 14.7 Å². The van der Waals surface area contributed by atoms with E-state index < -0.39 is 13.2 Å². The van der Waals surface area contributed by atoms with E-state index in [0.717, 1.165) is 0 Å². The molecule has 0 aromatic heterocycles. The van der Waals surface area contributed by atoms with Crippen molar-refractivity contribution in [3.05, 3.63) is 58.1 Å². The molecule has 0 saturated carbocycles. The number of hydrogen-bond donors (Lipinski definition) is 1. The van der Waals surface area contributed by atoms with E-state index in [2.05, 4.69) is 35.1 Å². The highest BCUT2D eigenvalue weighted by atomic mass is 31.1. The molecule has 2 aromatic rings. The molecule has 9 heteroatoms. The lowest BCUT2D eigenvalue weighted by atomic mass is 9.87. The standard InChI is InChI=1S/C18H22N2O3.C2H7O3P/c1-5-19-16-12-15(10-11-17(16)20(21)22)23-14-8-6-13(7-9-14)18(2,3)4;1-4-6(3)5-2/h6-12,19H,5H2,1-4H3;6H,1-2H3. The number of nitro groups is 1. The first-order chi connectivity index (χ1) is 13.6. The highest BCUT2D eigenvalue weighted by Crippen LogP contribution is 2.32. The SMILES string of the molecule is CCNc1cc(Oc2ccc(C(C)(C)C)cc2)ccc1[N+](=O)[O-].CO[PH](=O)OC. The summed E-state index contributed by atoms with van der Waals surface area (Å²) in [5, 5.41) is 14.0. The molecule has 1 N–H and O–H groups in total. The van der Waals surface area contributed by atoms with E-state index in [1.165, 1.54) is 25.8 Å². The zero-order valence-electron chi connectivity index (χ0n) is 17.6. The summed E-state index contributed by atoms with van der Waals surface area (Å²) in [7, 11) is 0.558. The maximum Gasteiger partial charge on any atom is 0.318 e.